The molecule has 4 nitrogen and oxygen atoms in total. The van der Waals surface area contributed by atoms with Gasteiger partial charge in [-0.05, 0) is 48.9 Å². The Bertz CT molecular complexity index is 771. The Morgan fingerprint density at radius 3 is 2.15 bits per heavy atom. The van der Waals surface area contributed by atoms with E-state index in [1.807, 2.05) is 6.92 Å². The summed E-state index contributed by atoms with van der Waals surface area (Å²) in [6, 6.07) is 10.3. The summed E-state index contributed by atoms with van der Waals surface area (Å²) in [7, 11) is 0. The lowest BCUT2D eigenvalue weighted by Crippen LogP contribution is -2.24. The van der Waals surface area contributed by atoms with Gasteiger partial charge >= 0.3 is 6.18 Å². The molecular formula is C19H19F3N2O2. The van der Waals surface area contributed by atoms with Crippen LogP contribution in [0.3, 0.4) is 0 Å². The average Bonchev–Trinajstić information content (AvgIpc) is 2.61. The molecule has 0 heterocycles. The van der Waals surface area contributed by atoms with Crippen LogP contribution in [0.1, 0.15) is 46.0 Å². The maximum absolute atomic E-state index is 12.6. The normalized spacial score (nSPS) is 11.1. The zero-order valence-corrected chi connectivity index (χ0v) is 14.2. The SMILES string of the molecule is CCCCNC(=O)c1cccc(C(=O)Nc2ccc(C(F)(F)F)cc2)c1. The number of amides is 2. The molecule has 0 unspecified atom stereocenters. The molecule has 2 N–H and O–H groups in total. The first-order valence-corrected chi connectivity index (χ1v) is 8.18. The lowest BCUT2D eigenvalue weighted by molar-refractivity contribution is -0.137. The molecule has 0 bridgehead atoms. The Morgan fingerprint density at radius 2 is 1.58 bits per heavy atom. The minimum Gasteiger partial charge on any atom is -0.352 e. The van der Waals surface area contributed by atoms with Crippen molar-refractivity contribution in [2.75, 3.05) is 11.9 Å². The van der Waals surface area contributed by atoms with Crippen molar-refractivity contribution >= 4 is 17.5 Å². The van der Waals surface area contributed by atoms with E-state index in [1.54, 1.807) is 12.1 Å². The zero-order valence-electron chi connectivity index (χ0n) is 14.2. The van der Waals surface area contributed by atoms with E-state index in [4.69, 9.17) is 0 Å². The van der Waals surface area contributed by atoms with E-state index in [-0.39, 0.29) is 17.2 Å². The Kier molecular flexibility index (Phi) is 6.38. The first-order chi connectivity index (χ1) is 12.3. The Hall–Kier alpha value is -2.83. The molecule has 2 rings (SSSR count). The fraction of sp³-hybridized carbons (Fsp3) is 0.263. The van der Waals surface area contributed by atoms with Crippen LogP contribution < -0.4 is 10.6 Å². The fourth-order valence-corrected chi connectivity index (χ4v) is 2.23. The van der Waals surface area contributed by atoms with Crippen LogP contribution in [0.15, 0.2) is 48.5 Å². The number of rotatable bonds is 6. The average molecular weight is 364 g/mol. The van der Waals surface area contributed by atoms with Crippen LogP contribution >= 0.6 is 0 Å². The highest BCUT2D eigenvalue weighted by molar-refractivity contribution is 6.06. The van der Waals surface area contributed by atoms with Gasteiger partial charge in [0.2, 0.25) is 0 Å². The first-order valence-electron chi connectivity index (χ1n) is 8.18. The second-order valence-corrected chi connectivity index (χ2v) is 5.72. The topological polar surface area (TPSA) is 58.2 Å². The number of carbonyl (C=O) groups is 2. The monoisotopic (exact) mass is 364 g/mol. The minimum atomic E-state index is -4.43. The number of hydrogen-bond donors (Lipinski definition) is 2. The highest BCUT2D eigenvalue weighted by Gasteiger charge is 2.30. The third-order valence-electron chi connectivity index (χ3n) is 3.67. The molecule has 0 saturated carbocycles. The van der Waals surface area contributed by atoms with Crippen LogP contribution in [0.25, 0.3) is 0 Å². The van der Waals surface area contributed by atoms with Gasteiger partial charge in [-0.3, -0.25) is 9.59 Å². The molecular weight excluding hydrogens is 345 g/mol. The maximum Gasteiger partial charge on any atom is 0.416 e. The van der Waals surface area contributed by atoms with E-state index in [0.29, 0.717) is 12.1 Å². The summed E-state index contributed by atoms with van der Waals surface area (Å²) >= 11 is 0. The van der Waals surface area contributed by atoms with Gasteiger partial charge in [0.1, 0.15) is 0 Å². The maximum atomic E-state index is 12.6. The number of carbonyl (C=O) groups excluding carboxylic acids is 2. The number of anilines is 1. The van der Waals surface area contributed by atoms with E-state index >= 15 is 0 Å². The summed E-state index contributed by atoms with van der Waals surface area (Å²) in [5.74, 6) is -0.782. The van der Waals surface area contributed by atoms with E-state index in [1.165, 1.54) is 24.3 Å². The molecule has 0 aliphatic rings. The molecule has 2 amide bonds. The molecule has 138 valence electrons. The Labute approximate surface area is 149 Å². The second-order valence-electron chi connectivity index (χ2n) is 5.72. The van der Waals surface area contributed by atoms with Gasteiger partial charge in [0.05, 0.1) is 5.56 Å². The molecule has 2 aromatic rings. The number of halogens is 3. The molecule has 0 aliphatic carbocycles. The van der Waals surface area contributed by atoms with Crippen LogP contribution in [0.4, 0.5) is 18.9 Å². The predicted molar refractivity (Wildman–Crippen MR) is 93.1 cm³/mol. The smallest absolute Gasteiger partial charge is 0.352 e. The molecule has 0 radical (unpaired) electrons. The lowest BCUT2D eigenvalue weighted by Gasteiger charge is -2.10. The molecule has 0 aliphatic heterocycles. The van der Waals surface area contributed by atoms with Crippen LogP contribution in [0, 0.1) is 0 Å². The van der Waals surface area contributed by atoms with Crippen LogP contribution in [-0.2, 0) is 6.18 Å². The van der Waals surface area contributed by atoms with E-state index in [2.05, 4.69) is 10.6 Å². The van der Waals surface area contributed by atoms with Crippen molar-refractivity contribution in [1.82, 2.24) is 5.32 Å². The Balaban J connectivity index is 2.05. The van der Waals surface area contributed by atoms with Crippen molar-refractivity contribution in [3.8, 4) is 0 Å². The van der Waals surface area contributed by atoms with Crippen molar-refractivity contribution in [2.45, 2.75) is 25.9 Å². The number of alkyl halides is 3. The highest BCUT2D eigenvalue weighted by atomic mass is 19.4. The van der Waals surface area contributed by atoms with Crippen molar-refractivity contribution < 1.29 is 22.8 Å². The number of benzene rings is 2. The molecule has 0 saturated heterocycles. The summed E-state index contributed by atoms with van der Waals surface area (Å²) in [6.07, 6.45) is -2.61. The van der Waals surface area contributed by atoms with Crippen LogP contribution in [0.2, 0.25) is 0 Å². The molecule has 0 spiro atoms. The molecule has 0 fully saturated rings. The fourth-order valence-electron chi connectivity index (χ4n) is 2.23. The highest BCUT2D eigenvalue weighted by Crippen LogP contribution is 2.29. The largest absolute Gasteiger partial charge is 0.416 e. The molecule has 0 atom stereocenters. The van der Waals surface area contributed by atoms with Crippen molar-refractivity contribution in [1.29, 1.82) is 0 Å². The quantitative estimate of drug-likeness (QED) is 0.742. The number of unbranched alkanes of at least 4 members (excludes halogenated alkanes) is 1. The third kappa shape index (κ3) is 5.34. The summed E-state index contributed by atoms with van der Waals surface area (Å²) in [6.45, 7) is 2.57. The lowest BCUT2D eigenvalue weighted by atomic mass is 10.1. The summed E-state index contributed by atoms with van der Waals surface area (Å²) in [5, 5.41) is 5.28. The van der Waals surface area contributed by atoms with Gasteiger partial charge in [-0.2, -0.15) is 13.2 Å². The Morgan fingerprint density at radius 1 is 0.962 bits per heavy atom. The standard InChI is InChI=1S/C19H19F3N2O2/c1-2-3-11-23-17(25)13-5-4-6-14(12-13)18(26)24-16-9-7-15(8-10-16)19(20,21)22/h4-10,12H,2-3,11H2,1H3,(H,23,25)(H,24,26). The second kappa shape index (κ2) is 8.51. The van der Waals surface area contributed by atoms with E-state index in [9.17, 15) is 22.8 Å². The summed E-state index contributed by atoms with van der Waals surface area (Å²) in [5.41, 5.74) is 0.0382. The van der Waals surface area contributed by atoms with E-state index in [0.717, 1.165) is 25.0 Å². The summed E-state index contributed by atoms with van der Waals surface area (Å²) in [4.78, 5) is 24.3. The zero-order chi connectivity index (χ0) is 19.2. The van der Waals surface area contributed by atoms with Gasteiger partial charge < -0.3 is 10.6 Å². The predicted octanol–water partition coefficient (Wildman–Crippen LogP) is 4.49. The van der Waals surface area contributed by atoms with Crippen LogP contribution in [0.5, 0.6) is 0 Å². The van der Waals surface area contributed by atoms with E-state index < -0.39 is 17.6 Å². The van der Waals surface area contributed by atoms with Gasteiger partial charge in [0, 0.05) is 23.4 Å². The van der Waals surface area contributed by atoms with Gasteiger partial charge in [-0.1, -0.05) is 19.4 Å². The van der Waals surface area contributed by atoms with Crippen molar-refractivity contribution in [3.63, 3.8) is 0 Å². The van der Waals surface area contributed by atoms with Crippen LogP contribution in [-0.4, -0.2) is 18.4 Å². The number of nitrogens with one attached hydrogen (secondary N) is 2. The third-order valence-corrected chi connectivity index (χ3v) is 3.67. The molecule has 26 heavy (non-hydrogen) atoms. The molecule has 0 aromatic heterocycles. The van der Waals surface area contributed by atoms with Gasteiger partial charge in [0.25, 0.3) is 11.8 Å². The van der Waals surface area contributed by atoms with Gasteiger partial charge in [0.15, 0.2) is 0 Å². The van der Waals surface area contributed by atoms with Gasteiger partial charge in [-0.25, -0.2) is 0 Å². The summed E-state index contributed by atoms with van der Waals surface area (Å²) < 4.78 is 37.7. The van der Waals surface area contributed by atoms with Crippen molar-refractivity contribution in [2.24, 2.45) is 0 Å². The van der Waals surface area contributed by atoms with Crippen molar-refractivity contribution in [3.05, 3.63) is 65.2 Å². The molecule has 2 aromatic carbocycles. The van der Waals surface area contributed by atoms with Gasteiger partial charge in [-0.15, -0.1) is 0 Å². The first kappa shape index (κ1) is 19.5. The molecule has 7 heteroatoms. The minimum absolute atomic E-state index is 0.237. The number of hydrogen-bond acceptors (Lipinski definition) is 2.